The average molecular weight is 405 g/mol. The Morgan fingerprint density at radius 1 is 1.21 bits per heavy atom. The van der Waals surface area contributed by atoms with Crippen LogP contribution in [0, 0.1) is 0 Å². The number of thiophene rings is 1. The molecule has 0 bridgehead atoms. The minimum absolute atomic E-state index is 0.0885. The molecule has 2 rings (SSSR count). The molecule has 0 amide bonds. The van der Waals surface area contributed by atoms with Crippen LogP contribution in [0.2, 0.25) is 0 Å². The van der Waals surface area contributed by atoms with Gasteiger partial charge in [-0.2, -0.15) is 0 Å². The van der Waals surface area contributed by atoms with E-state index in [1.807, 2.05) is 30.3 Å². The fraction of sp³-hybridized carbons (Fsp3) is 0.154. The van der Waals surface area contributed by atoms with Crippen LogP contribution in [0.3, 0.4) is 0 Å². The lowest BCUT2D eigenvalue weighted by Gasteiger charge is -2.07. The Balaban J connectivity index is 2.00. The Kier molecular flexibility index (Phi) is 5.01. The molecule has 6 heteroatoms. The molecular weight excluding hydrogens is 394 g/mol. The highest BCUT2D eigenvalue weighted by atomic mass is 79.9. The Labute approximate surface area is 131 Å². The SMILES string of the molecule is O=C(O)Cc1ccc(CNc2cc(Br)ccc2Br)s1. The predicted molar refractivity (Wildman–Crippen MR) is 84.8 cm³/mol. The molecular formula is C13H11Br2NO2S. The second-order valence-electron chi connectivity index (χ2n) is 3.92. The molecule has 1 aromatic heterocycles. The van der Waals surface area contributed by atoms with Crippen LogP contribution in [0.15, 0.2) is 39.3 Å². The van der Waals surface area contributed by atoms with Gasteiger partial charge in [-0.05, 0) is 46.3 Å². The van der Waals surface area contributed by atoms with Crippen molar-refractivity contribution in [3.8, 4) is 0 Å². The fourth-order valence-corrected chi connectivity index (χ4v) is 3.27. The zero-order valence-electron chi connectivity index (χ0n) is 9.82. The number of benzene rings is 1. The van der Waals surface area contributed by atoms with Gasteiger partial charge in [0.1, 0.15) is 0 Å². The molecule has 100 valence electrons. The van der Waals surface area contributed by atoms with E-state index in [-0.39, 0.29) is 6.42 Å². The van der Waals surface area contributed by atoms with Gasteiger partial charge in [-0.15, -0.1) is 11.3 Å². The maximum absolute atomic E-state index is 10.6. The van der Waals surface area contributed by atoms with Gasteiger partial charge < -0.3 is 10.4 Å². The first kappa shape index (κ1) is 14.6. The van der Waals surface area contributed by atoms with Gasteiger partial charge in [-0.25, -0.2) is 0 Å². The lowest BCUT2D eigenvalue weighted by Crippen LogP contribution is -1.98. The molecule has 0 radical (unpaired) electrons. The minimum Gasteiger partial charge on any atom is -0.481 e. The molecule has 0 unspecified atom stereocenters. The standard InChI is InChI=1S/C13H11Br2NO2S/c14-8-1-4-11(15)12(5-8)16-7-10-3-2-9(19-10)6-13(17)18/h1-5,16H,6-7H2,(H,17,18). The fourth-order valence-electron chi connectivity index (χ4n) is 1.58. The zero-order valence-corrected chi connectivity index (χ0v) is 13.8. The van der Waals surface area contributed by atoms with E-state index in [9.17, 15) is 4.79 Å². The number of aliphatic carboxylic acids is 1. The summed E-state index contributed by atoms with van der Waals surface area (Å²) in [6.45, 7) is 0.680. The monoisotopic (exact) mass is 403 g/mol. The Hall–Kier alpha value is -0.850. The third-order valence-corrected chi connectivity index (χ3v) is 4.69. The molecule has 3 nitrogen and oxygen atoms in total. The van der Waals surface area contributed by atoms with Gasteiger partial charge in [0.2, 0.25) is 0 Å². The number of halogens is 2. The topological polar surface area (TPSA) is 49.3 Å². The Morgan fingerprint density at radius 3 is 2.68 bits per heavy atom. The van der Waals surface area contributed by atoms with Crippen LogP contribution in [0.4, 0.5) is 5.69 Å². The highest BCUT2D eigenvalue weighted by Crippen LogP contribution is 2.27. The van der Waals surface area contributed by atoms with E-state index in [1.165, 1.54) is 11.3 Å². The van der Waals surface area contributed by atoms with Gasteiger partial charge in [-0.1, -0.05) is 15.9 Å². The molecule has 0 fully saturated rings. The van der Waals surface area contributed by atoms with E-state index >= 15 is 0 Å². The summed E-state index contributed by atoms with van der Waals surface area (Å²) in [7, 11) is 0. The first-order valence-electron chi connectivity index (χ1n) is 5.53. The number of hydrogen-bond donors (Lipinski definition) is 2. The van der Waals surface area contributed by atoms with Crippen molar-refractivity contribution in [2.45, 2.75) is 13.0 Å². The summed E-state index contributed by atoms with van der Waals surface area (Å²) >= 11 is 8.43. The maximum atomic E-state index is 10.6. The summed E-state index contributed by atoms with van der Waals surface area (Å²) in [6, 6.07) is 9.76. The average Bonchev–Trinajstić information content (AvgIpc) is 2.77. The third kappa shape index (κ3) is 4.33. The lowest BCUT2D eigenvalue weighted by molar-refractivity contribution is -0.136. The van der Waals surface area contributed by atoms with Gasteiger partial charge in [-0.3, -0.25) is 4.79 Å². The largest absolute Gasteiger partial charge is 0.481 e. The molecule has 19 heavy (non-hydrogen) atoms. The second-order valence-corrected chi connectivity index (χ2v) is 6.94. The van der Waals surface area contributed by atoms with Crippen molar-refractivity contribution in [2.75, 3.05) is 5.32 Å². The normalized spacial score (nSPS) is 10.4. The Morgan fingerprint density at radius 2 is 1.95 bits per heavy atom. The first-order chi connectivity index (χ1) is 9.04. The van der Waals surface area contributed by atoms with Gasteiger partial charge >= 0.3 is 5.97 Å². The molecule has 0 saturated heterocycles. The number of carboxylic acid groups (broad SMARTS) is 1. The summed E-state index contributed by atoms with van der Waals surface area (Å²) in [5, 5.41) is 12.1. The molecule has 1 aromatic carbocycles. The highest BCUT2D eigenvalue weighted by molar-refractivity contribution is 9.11. The van der Waals surface area contributed by atoms with Crippen LogP contribution < -0.4 is 5.32 Å². The quantitative estimate of drug-likeness (QED) is 0.770. The van der Waals surface area contributed by atoms with Crippen molar-refractivity contribution in [2.24, 2.45) is 0 Å². The summed E-state index contributed by atoms with van der Waals surface area (Å²) in [6.07, 6.45) is 0.0885. The van der Waals surface area contributed by atoms with Crippen LogP contribution in [-0.2, 0) is 17.8 Å². The molecule has 0 saturated carbocycles. The third-order valence-electron chi connectivity index (χ3n) is 2.42. The van der Waals surface area contributed by atoms with Crippen LogP contribution in [0.5, 0.6) is 0 Å². The van der Waals surface area contributed by atoms with E-state index in [1.54, 1.807) is 0 Å². The number of carbonyl (C=O) groups is 1. The van der Waals surface area contributed by atoms with Crippen molar-refractivity contribution in [1.82, 2.24) is 0 Å². The lowest BCUT2D eigenvalue weighted by atomic mass is 10.3. The molecule has 2 aromatic rings. The van der Waals surface area contributed by atoms with Crippen molar-refractivity contribution in [1.29, 1.82) is 0 Å². The number of carboxylic acids is 1. The van der Waals surface area contributed by atoms with Crippen LogP contribution in [-0.4, -0.2) is 11.1 Å². The highest BCUT2D eigenvalue weighted by Gasteiger charge is 2.05. The number of hydrogen-bond acceptors (Lipinski definition) is 3. The summed E-state index contributed by atoms with van der Waals surface area (Å²) in [5.74, 6) is -0.795. The summed E-state index contributed by atoms with van der Waals surface area (Å²) in [4.78, 5) is 12.6. The van der Waals surface area contributed by atoms with Crippen molar-refractivity contribution < 1.29 is 9.90 Å². The second kappa shape index (κ2) is 6.54. The zero-order chi connectivity index (χ0) is 13.8. The predicted octanol–water partition coefficient (Wildman–Crippen LogP) is 4.51. The van der Waals surface area contributed by atoms with Crippen molar-refractivity contribution >= 4 is 54.9 Å². The maximum Gasteiger partial charge on any atom is 0.308 e. The number of nitrogens with one attached hydrogen (secondary N) is 1. The van der Waals surface area contributed by atoms with Crippen LogP contribution in [0.1, 0.15) is 9.75 Å². The van der Waals surface area contributed by atoms with Gasteiger partial charge in [0, 0.05) is 30.9 Å². The number of rotatable bonds is 5. The molecule has 0 aliphatic rings. The van der Waals surface area contributed by atoms with Crippen molar-refractivity contribution in [3.05, 3.63) is 49.0 Å². The van der Waals surface area contributed by atoms with E-state index in [0.717, 1.165) is 24.4 Å². The van der Waals surface area contributed by atoms with Gasteiger partial charge in [0.05, 0.1) is 6.42 Å². The van der Waals surface area contributed by atoms with E-state index in [2.05, 4.69) is 37.2 Å². The Bertz CT molecular complexity index is 598. The van der Waals surface area contributed by atoms with E-state index in [0.29, 0.717) is 6.54 Å². The summed E-state index contributed by atoms with van der Waals surface area (Å²) in [5.41, 5.74) is 1.00. The molecule has 0 spiro atoms. The van der Waals surface area contributed by atoms with Crippen LogP contribution >= 0.6 is 43.2 Å². The van der Waals surface area contributed by atoms with Crippen molar-refractivity contribution in [3.63, 3.8) is 0 Å². The summed E-state index contributed by atoms with van der Waals surface area (Å²) < 4.78 is 2.01. The molecule has 0 aliphatic carbocycles. The molecule has 0 atom stereocenters. The van der Waals surface area contributed by atoms with Crippen LogP contribution in [0.25, 0.3) is 0 Å². The van der Waals surface area contributed by atoms with E-state index in [4.69, 9.17) is 5.11 Å². The van der Waals surface area contributed by atoms with Gasteiger partial charge in [0.25, 0.3) is 0 Å². The molecule has 1 heterocycles. The smallest absolute Gasteiger partial charge is 0.308 e. The van der Waals surface area contributed by atoms with E-state index < -0.39 is 5.97 Å². The molecule has 2 N–H and O–H groups in total. The minimum atomic E-state index is -0.795. The molecule has 0 aliphatic heterocycles. The number of anilines is 1. The first-order valence-corrected chi connectivity index (χ1v) is 7.93. The van der Waals surface area contributed by atoms with Gasteiger partial charge in [0.15, 0.2) is 0 Å².